The van der Waals surface area contributed by atoms with E-state index in [1.54, 1.807) is 0 Å². The lowest BCUT2D eigenvalue weighted by molar-refractivity contribution is 0.261. The first kappa shape index (κ1) is 19.0. The topological polar surface area (TPSA) is 45.7 Å². The summed E-state index contributed by atoms with van der Waals surface area (Å²) in [6.45, 7) is 1.70. The van der Waals surface area contributed by atoms with E-state index in [9.17, 15) is 0 Å². The number of fused-ring (bicyclic) bond motifs is 1. The Balaban J connectivity index is 0.00000196. The van der Waals surface area contributed by atoms with E-state index in [0.29, 0.717) is 11.8 Å². The van der Waals surface area contributed by atoms with Gasteiger partial charge >= 0.3 is 0 Å². The SMILES string of the molecule is CN=C(NCC1CC1c1ccccc1)NC1CCOc2ccccc21.I. The highest BCUT2D eigenvalue weighted by Crippen LogP contribution is 2.46. The van der Waals surface area contributed by atoms with Crippen molar-refractivity contribution in [1.82, 2.24) is 10.6 Å². The van der Waals surface area contributed by atoms with Crippen molar-refractivity contribution in [2.45, 2.75) is 24.8 Å². The van der Waals surface area contributed by atoms with E-state index in [0.717, 1.165) is 31.3 Å². The lowest BCUT2D eigenvalue weighted by Gasteiger charge is -2.28. The van der Waals surface area contributed by atoms with Gasteiger partial charge in [-0.25, -0.2) is 0 Å². The number of hydrogen-bond acceptors (Lipinski definition) is 2. The van der Waals surface area contributed by atoms with Crippen molar-refractivity contribution < 1.29 is 4.74 Å². The molecule has 26 heavy (non-hydrogen) atoms. The fourth-order valence-electron chi connectivity index (χ4n) is 3.66. The molecule has 0 radical (unpaired) electrons. The van der Waals surface area contributed by atoms with Gasteiger partial charge in [-0.15, -0.1) is 24.0 Å². The third-order valence-corrected chi connectivity index (χ3v) is 5.18. The molecule has 0 bridgehead atoms. The molecule has 4 rings (SSSR count). The van der Waals surface area contributed by atoms with Gasteiger partial charge in [-0.05, 0) is 29.9 Å². The van der Waals surface area contributed by atoms with Gasteiger partial charge in [-0.3, -0.25) is 4.99 Å². The summed E-state index contributed by atoms with van der Waals surface area (Å²) >= 11 is 0. The van der Waals surface area contributed by atoms with Crippen molar-refractivity contribution in [3.05, 3.63) is 65.7 Å². The molecule has 0 saturated heterocycles. The molecule has 4 nitrogen and oxygen atoms in total. The maximum atomic E-state index is 5.74. The van der Waals surface area contributed by atoms with Crippen LogP contribution in [0.1, 0.15) is 35.9 Å². The Morgan fingerprint density at radius 1 is 1.12 bits per heavy atom. The Kier molecular flexibility index (Phi) is 6.40. The molecule has 0 amide bonds. The molecule has 1 heterocycles. The van der Waals surface area contributed by atoms with Gasteiger partial charge in [-0.1, -0.05) is 48.5 Å². The molecule has 0 aromatic heterocycles. The smallest absolute Gasteiger partial charge is 0.191 e. The van der Waals surface area contributed by atoms with Gasteiger partial charge in [0.1, 0.15) is 5.75 Å². The summed E-state index contributed by atoms with van der Waals surface area (Å²) in [5.74, 6) is 3.24. The standard InChI is InChI=1S/C21H25N3O.HI/c1-22-21(23-14-16-13-18(16)15-7-3-2-4-8-15)24-19-11-12-25-20-10-6-5-9-17(19)20;/h2-10,16,18-19H,11-14H2,1H3,(H2,22,23,24);1H. The Bertz CT molecular complexity index is 750. The zero-order valence-corrected chi connectivity index (χ0v) is 17.4. The van der Waals surface area contributed by atoms with Crippen molar-refractivity contribution in [2.75, 3.05) is 20.2 Å². The largest absolute Gasteiger partial charge is 0.493 e. The van der Waals surface area contributed by atoms with Crippen LogP contribution < -0.4 is 15.4 Å². The summed E-state index contributed by atoms with van der Waals surface area (Å²) in [4.78, 5) is 4.41. The molecule has 0 spiro atoms. The number of hydrogen-bond donors (Lipinski definition) is 2. The number of benzene rings is 2. The molecular weight excluding hydrogens is 437 g/mol. The predicted molar refractivity (Wildman–Crippen MR) is 116 cm³/mol. The minimum atomic E-state index is 0. The van der Waals surface area contributed by atoms with Crippen LogP contribution in [0.4, 0.5) is 0 Å². The summed E-state index contributed by atoms with van der Waals surface area (Å²) in [6, 6.07) is 19.3. The molecule has 1 saturated carbocycles. The zero-order chi connectivity index (χ0) is 17.1. The molecule has 5 heteroatoms. The maximum Gasteiger partial charge on any atom is 0.191 e. The van der Waals surface area contributed by atoms with Gasteiger partial charge < -0.3 is 15.4 Å². The zero-order valence-electron chi connectivity index (χ0n) is 15.0. The van der Waals surface area contributed by atoms with Crippen molar-refractivity contribution in [1.29, 1.82) is 0 Å². The number of nitrogens with zero attached hydrogens (tertiary/aromatic N) is 1. The molecular formula is C21H26IN3O. The highest BCUT2D eigenvalue weighted by Gasteiger charge is 2.38. The molecule has 2 N–H and O–H groups in total. The van der Waals surface area contributed by atoms with Crippen LogP contribution in [0.15, 0.2) is 59.6 Å². The van der Waals surface area contributed by atoms with Gasteiger partial charge in [0.05, 0.1) is 12.6 Å². The van der Waals surface area contributed by atoms with Crippen LogP contribution in [-0.2, 0) is 0 Å². The summed E-state index contributed by atoms with van der Waals surface area (Å²) < 4.78 is 5.74. The first-order valence-corrected chi connectivity index (χ1v) is 9.09. The van der Waals surface area contributed by atoms with Crippen molar-refractivity contribution in [2.24, 2.45) is 10.9 Å². The molecule has 1 aliphatic carbocycles. The average molecular weight is 463 g/mol. The fraction of sp³-hybridized carbons (Fsp3) is 0.381. The minimum Gasteiger partial charge on any atom is -0.493 e. The average Bonchev–Trinajstić information content (AvgIpc) is 3.45. The predicted octanol–water partition coefficient (Wildman–Crippen LogP) is 4.10. The number of rotatable bonds is 4. The lowest BCUT2D eigenvalue weighted by atomic mass is 10.0. The lowest BCUT2D eigenvalue weighted by Crippen LogP contribution is -2.41. The first-order valence-electron chi connectivity index (χ1n) is 9.09. The Hall–Kier alpha value is -1.76. The van der Waals surface area contributed by atoms with Crippen molar-refractivity contribution >= 4 is 29.9 Å². The summed E-state index contributed by atoms with van der Waals surface area (Å²) in [7, 11) is 1.84. The Morgan fingerprint density at radius 3 is 2.69 bits per heavy atom. The summed E-state index contributed by atoms with van der Waals surface area (Å²) in [6.07, 6.45) is 2.21. The van der Waals surface area contributed by atoms with Gasteiger partial charge in [0.2, 0.25) is 0 Å². The second-order valence-electron chi connectivity index (χ2n) is 6.84. The molecule has 2 aliphatic rings. The minimum absolute atomic E-state index is 0. The third-order valence-electron chi connectivity index (χ3n) is 5.18. The van der Waals surface area contributed by atoms with E-state index >= 15 is 0 Å². The van der Waals surface area contributed by atoms with E-state index in [1.807, 2.05) is 19.2 Å². The van der Waals surface area contributed by atoms with Crippen LogP contribution in [0.25, 0.3) is 0 Å². The molecule has 3 unspecified atom stereocenters. The molecule has 1 aliphatic heterocycles. The van der Waals surface area contributed by atoms with Crippen molar-refractivity contribution in [3.63, 3.8) is 0 Å². The van der Waals surface area contributed by atoms with Crippen molar-refractivity contribution in [3.8, 4) is 5.75 Å². The van der Waals surface area contributed by atoms with Gasteiger partial charge in [-0.2, -0.15) is 0 Å². The number of nitrogens with one attached hydrogen (secondary N) is 2. The van der Waals surface area contributed by atoms with Crippen LogP contribution in [-0.4, -0.2) is 26.2 Å². The van der Waals surface area contributed by atoms with Gasteiger partial charge in [0.15, 0.2) is 5.96 Å². The monoisotopic (exact) mass is 463 g/mol. The highest BCUT2D eigenvalue weighted by molar-refractivity contribution is 14.0. The maximum absolute atomic E-state index is 5.74. The third kappa shape index (κ3) is 4.31. The van der Waals surface area contributed by atoms with E-state index < -0.39 is 0 Å². The quantitative estimate of drug-likeness (QED) is 0.408. The van der Waals surface area contributed by atoms with Crippen LogP contribution in [0.5, 0.6) is 5.75 Å². The van der Waals surface area contributed by atoms with Gasteiger partial charge in [0, 0.05) is 25.6 Å². The number of guanidine groups is 1. The normalized spacial score (nSPS) is 23.9. The highest BCUT2D eigenvalue weighted by atomic mass is 127. The fourth-order valence-corrected chi connectivity index (χ4v) is 3.66. The Morgan fingerprint density at radius 2 is 1.88 bits per heavy atom. The van der Waals surface area contributed by atoms with E-state index in [4.69, 9.17) is 4.74 Å². The number of halogens is 1. The number of para-hydroxylation sites is 1. The molecule has 138 valence electrons. The molecule has 2 aromatic rings. The van der Waals surface area contributed by atoms with Crippen LogP contribution in [0.3, 0.4) is 0 Å². The Labute approximate surface area is 172 Å². The second kappa shape index (κ2) is 8.75. The van der Waals surface area contributed by atoms with Gasteiger partial charge in [0.25, 0.3) is 0 Å². The summed E-state index contributed by atoms with van der Waals surface area (Å²) in [5, 5.41) is 7.07. The molecule has 2 aromatic carbocycles. The van der Waals surface area contributed by atoms with Crippen LogP contribution in [0.2, 0.25) is 0 Å². The second-order valence-corrected chi connectivity index (χ2v) is 6.84. The first-order chi connectivity index (χ1) is 12.3. The molecule has 3 atom stereocenters. The molecule has 1 fully saturated rings. The van der Waals surface area contributed by atoms with E-state index in [-0.39, 0.29) is 30.0 Å². The van der Waals surface area contributed by atoms with E-state index in [2.05, 4.69) is 58.1 Å². The number of aliphatic imine (C=N–C) groups is 1. The summed E-state index contributed by atoms with van der Waals surface area (Å²) in [5.41, 5.74) is 2.67. The number of ether oxygens (including phenoxy) is 1. The van der Waals surface area contributed by atoms with Crippen LogP contribution >= 0.6 is 24.0 Å². The van der Waals surface area contributed by atoms with Crippen LogP contribution in [0, 0.1) is 5.92 Å². The van der Waals surface area contributed by atoms with E-state index in [1.165, 1.54) is 17.5 Å².